The summed E-state index contributed by atoms with van der Waals surface area (Å²) < 4.78 is 52.5. The number of aryl methyl sites for hydroxylation is 1. The van der Waals surface area contributed by atoms with E-state index in [1.807, 2.05) is 0 Å². The lowest BCUT2D eigenvalue weighted by Gasteiger charge is -2.28. The second-order valence-corrected chi connectivity index (χ2v) is 5.81. The normalized spacial score (nSPS) is 15.4. The Morgan fingerprint density at radius 2 is 2.08 bits per heavy atom. The maximum atomic E-state index is 14.1. The van der Waals surface area contributed by atoms with Gasteiger partial charge in [0.25, 0.3) is 5.56 Å². The molecule has 0 spiro atoms. The maximum Gasteiger partial charge on any atom is 0.419 e. The van der Waals surface area contributed by atoms with Crippen molar-refractivity contribution in [3.63, 3.8) is 0 Å². The molecular weight excluding hydrogens is 326 g/mol. The summed E-state index contributed by atoms with van der Waals surface area (Å²) in [6.07, 6.45) is -4.23. The molecule has 1 aliphatic rings. The lowest BCUT2D eigenvalue weighted by molar-refractivity contribution is -0.140. The predicted molar refractivity (Wildman–Crippen MR) is 78.8 cm³/mol. The number of fused-ring (bicyclic) bond motifs is 1. The molecule has 128 valence electrons. The summed E-state index contributed by atoms with van der Waals surface area (Å²) in [7, 11) is 0. The zero-order valence-corrected chi connectivity index (χ0v) is 12.9. The zero-order valence-electron chi connectivity index (χ0n) is 12.9. The summed E-state index contributed by atoms with van der Waals surface area (Å²) >= 11 is 0. The Bertz CT molecular complexity index is 829. The van der Waals surface area contributed by atoms with Crippen LogP contribution in [0.15, 0.2) is 23.0 Å². The summed E-state index contributed by atoms with van der Waals surface area (Å²) in [5, 5.41) is 0. The van der Waals surface area contributed by atoms with Crippen molar-refractivity contribution >= 4 is 0 Å². The van der Waals surface area contributed by atoms with Crippen molar-refractivity contribution in [3.05, 3.63) is 62.6 Å². The smallest absolute Gasteiger partial charge is 0.310 e. The van der Waals surface area contributed by atoms with Crippen LogP contribution in [0.25, 0.3) is 0 Å². The molecule has 0 radical (unpaired) electrons. The minimum Gasteiger partial charge on any atom is -0.310 e. The average Bonchev–Trinajstić information content (AvgIpc) is 2.48. The van der Waals surface area contributed by atoms with Crippen LogP contribution >= 0.6 is 0 Å². The van der Waals surface area contributed by atoms with E-state index in [1.165, 1.54) is 12.1 Å². The minimum absolute atomic E-state index is 0.00249. The molecule has 4 nitrogen and oxygen atoms in total. The second kappa shape index (κ2) is 6.01. The van der Waals surface area contributed by atoms with Gasteiger partial charge in [-0.2, -0.15) is 13.2 Å². The number of halogens is 4. The number of rotatable bonds is 2. The van der Waals surface area contributed by atoms with Crippen LogP contribution in [0, 0.1) is 12.7 Å². The van der Waals surface area contributed by atoms with Gasteiger partial charge in [-0.3, -0.25) is 9.69 Å². The summed E-state index contributed by atoms with van der Waals surface area (Å²) in [4.78, 5) is 20.6. The molecule has 1 aromatic carbocycles. The van der Waals surface area contributed by atoms with Gasteiger partial charge in [0, 0.05) is 31.6 Å². The maximum absolute atomic E-state index is 14.1. The van der Waals surface area contributed by atoms with Crippen molar-refractivity contribution in [1.82, 2.24) is 14.9 Å². The third kappa shape index (κ3) is 3.19. The number of hydrogen-bond donors (Lipinski definition) is 1. The molecule has 0 unspecified atom stereocenters. The van der Waals surface area contributed by atoms with Gasteiger partial charge < -0.3 is 4.98 Å². The zero-order chi connectivity index (χ0) is 17.5. The Morgan fingerprint density at radius 1 is 1.33 bits per heavy atom. The first-order chi connectivity index (χ1) is 11.3. The fourth-order valence-electron chi connectivity index (χ4n) is 2.90. The van der Waals surface area contributed by atoms with Crippen LogP contribution in [0.5, 0.6) is 0 Å². The van der Waals surface area contributed by atoms with Gasteiger partial charge in [-0.25, -0.2) is 9.37 Å². The van der Waals surface area contributed by atoms with E-state index < -0.39 is 17.6 Å². The van der Waals surface area contributed by atoms with E-state index in [0.717, 1.165) is 6.07 Å². The first kappa shape index (κ1) is 16.6. The number of aromatic amines is 1. The summed E-state index contributed by atoms with van der Waals surface area (Å²) in [5.74, 6) is -0.733. The molecule has 0 bridgehead atoms. The molecule has 0 fully saturated rings. The van der Waals surface area contributed by atoms with Crippen molar-refractivity contribution < 1.29 is 17.6 Å². The Labute approximate surface area is 135 Å². The van der Waals surface area contributed by atoms with E-state index in [1.54, 1.807) is 11.8 Å². The topological polar surface area (TPSA) is 49.0 Å². The second-order valence-electron chi connectivity index (χ2n) is 5.81. The van der Waals surface area contributed by atoms with Gasteiger partial charge in [0.2, 0.25) is 0 Å². The quantitative estimate of drug-likeness (QED) is 0.855. The molecular formula is C16H15F4N3O. The molecule has 0 aliphatic carbocycles. The van der Waals surface area contributed by atoms with Crippen molar-refractivity contribution in [2.45, 2.75) is 32.6 Å². The molecule has 0 amide bonds. The lowest BCUT2D eigenvalue weighted by atomic mass is 10.0. The van der Waals surface area contributed by atoms with Crippen molar-refractivity contribution in [2.24, 2.45) is 0 Å². The van der Waals surface area contributed by atoms with E-state index in [0.29, 0.717) is 30.0 Å². The van der Waals surface area contributed by atoms with Gasteiger partial charge in [0.05, 0.1) is 16.8 Å². The highest BCUT2D eigenvalue weighted by molar-refractivity contribution is 5.29. The van der Waals surface area contributed by atoms with E-state index >= 15 is 0 Å². The molecule has 2 heterocycles. The fraction of sp³-hybridized carbons (Fsp3) is 0.375. The predicted octanol–water partition coefficient (Wildman–Crippen LogP) is 2.79. The molecule has 1 aliphatic heterocycles. The van der Waals surface area contributed by atoms with Gasteiger partial charge in [0.15, 0.2) is 0 Å². The number of nitrogens with one attached hydrogen (secondary N) is 1. The molecule has 24 heavy (non-hydrogen) atoms. The van der Waals surface area contributed by atoms with Crippen LogP contribution in [0.3, 0.4) is 0 Å². The van der Waals surface area contributed by atoms with E-state index in [2.05, 4.69) is 9.97 Å². The number of alkyl halides is 3. The molecule has 0 saturated carbocycles. The van der Waals surface area contributed by atoms with Gasteiger partial charge in [-0.15, -0.1) is 0 Å². The summed E-state index contributed by atoms with van der Waals surface area (Å²) in [5.41, 5.74) is -0.389. The SMILES string of the molecule is Cc1nc2c(c(=O)[nH]1)CN(Cc1cccc(C(F)(F)F)c1F)CC2. The molecule has 2 aromatic rings. The number of hydrogen-bond acceptors (Lipinski definition) is 3. The first-order valence-corrected chi connectivity index (χ1v) is 7.41. The molecule has 8 heteroatoms. The number of H-pyrrole nitrogens is 1. The molecule has 1 aromatic heterocycles. The lowest BCUT2D eigenvalue weighted by Crippen LogP contribution is -2.35. The highest BCUT2D eigenvalue weighted by atomic mass is 19.4. The summed E-state index contributed by atoms with van der Waals surface area (Å²) in [6.45, 7) is 2.42. The van der Waals surface area contributed by atoms with E-state index in [9.17, 15) is 22.4 Å². The highest BCUT2D eigenvalue weighted by Gasteiger charge is 2.35. The molecule has 0 saturated heterocycles. The van der Waals surface area contributed by atoms with Gasteiger partial charge in [-0.1, -0.05) is 12.1 Å². The third-order valence-corrected chi connectivity index (χ3v) is 4.04. The van der Waals surface area contributed by atoms with Crippen molar-refractivity contribution in [2.75, 3.05) is 6.54 Å². The van der Waals surface area contributed by atoms with Crippen LogP contribution in [0.4, 0.5) is 17.6 Å². The fourth-order valence-corrected chi connectivity index (χ4v) is 2.90. The summed E-state index contributed by atoms with van der Waals surface area (Å²) in [6, 6.07) is 3.25. The largest absolute Gasteiger partial charge is 0.419 e. The van der Waals surface area contributed by atoms with Gasteiger partial charge >= 0.3 is 6.18 Å². The number of benzene rings is 1. The Kier molecular flexibility index (Phi) is 4.16. The Balaban J connectivity index is 1.85. The standard InChI is InChI=1S/C16H15F4N3O/c1-9-21-13-5-6-23(8-11(13)15(24)22-9)7-10-3-2-4-12(14(10)17)16(18,19)20/h2-4H,5-8H2,1H3,(H,21,22,24). The molecule has 1 N–H and O–H groups in total. The highest BCUT2D eigenvalue weighted by Crippen LogP contribution is 2.32. The average molecular weight is 341 g/mol. The van der Waals surface area contributed by atoms with Crippen molar-refractivity contribution in [1.29, 1.82) is 0 Å². The van der Waals surface area contributed by atoms with Crippen molar-refractivity contribution in [3.8, 4) is 0 Å². The van der Waals surface area contributed by atoms with Crippen LogP contribution < -0.4 is 5.56 Å². The van der Waals surface area contributed by atoms with Gasteiger partial charge in [-0.05, 0) is 13.0 Å². The number of aromatic nitrogens is 2. The number of nitrogens with zero attached hydrogens (tertiary/aromatic N) is 2. The van der Waals surface area contributed by atoms with Gasteiger partial charge in [0.1, 0.15) is 11.6 Å². The minimum atomic E-state index is -4.73. The van der Waals surface area contributed by atoms with Crippen LogP contribution in [0.1, 0.15) is 28.2 Å². The first-order valence-electron chi connectivity index (χ1n) is 7.41. The molecule has 3 rings (SSSR count). The Morgan fingerprint density at radius 3 is 2.79 bits per heavy atom. The third-order valence-electron chi connectivity index (χ3n) is 4.04. The van der Waals surface area contributed by atoms with E-state index in [4.69, 9.17) is 0 Å². The van der Waals surface area contributed by atoms with Crippen LogP contribution in [-0.4, -0.2) is 21.4 Å². The van der Waals surface area contributed by atoms with E-state index in [-0.39, 0.29) is 24.2 Å². The van der Waals surface area contributed by atoms with Crippen LogP contribution in [-0.2, 0) is 25.7 Å². The molecule has 0 atom stereocenters. The van der Waals surface area contributed by atoms with Crippen LogP contribution in [0.2, 0.25) is 0 Å². The monoisotopic (exact) mass is 341 g/mol. The Hall–Kier alpha value is -2.22.